The maximum absolute atomic E-state index is 12.5. The first kappa shape index (κ1) is 15.9. The Hall–Kier alpha value is -1.11. The molecule has 0 fully saturated rings. The number of halogens is 1. The van der Waals surface area contributed by atoms with Crippen LogP contribution < -0.4 is 0 Å². The van der Waals surface area contributed by atoms with Crippen LogP contribution in [0.5, 0.6) is 0 Å². The highest BCUT2D eigenvalue weighted by Gasteiger charge is 2.29. The zero-order valence-corrected chi connectivity index (χ0v) is 12.4. The molecule has 0 saturated heterocycles. The molecule has 0 atom stereocenters. The van der Waals surface area contributed by atoms with Crippen molar-refractivity contribution in [1.29, 1.82) is 5.26 Å². The van der Waals surface area contributed by atoms with Crippen LogP contribution in [0.1, 0.15) is 19.4 Å². The summed E-state index contributed by atoms with van der Waals surface area (Å²) in [5, 5.41) is 9.73. The first-order valence-corrected chi connectivity index (χ1v) is 7.74. The number of nitrogens with zero attached hydrogens (tertiary/aromatic N) is 1. The van der Waals surface area contributed by atoms with Crippen molar-refractivity contribution < 1.29 is 13.6 Å². The molecule has 0 aliphatic rings. The third kappa shape index (κ3) is 4.49. The number of hydrogen-bond donors (Lipinski definition) is 0. The Labute approximate surface area is 118 Å². The van der Waals surface area contributed by atoms with Gasteiger partial charge in [0.15, 0.2) is 0 Å². The van der Waals surface area contributed by atoms with Crippen molar-refractivity contribution in [3.05, 3.63) is 40.2 Å². The summed E-state index contributed by atoms with van der Waals surface area (Å²) in [6.07, 6.45) is 1.49. The van der Waals surface area contributed by atoms with E-state index in [-0.39, 0.29) is 18.5 Å². The second-order valence-corrected chi connectivity index (χ2v) is 5.96. The first-order chi connectivity index (χ1) is 9.05. The van der Waals surface area contributed by atoms with E-state index in [9.17, 15) is 4.57 Å². The summed E-state index contributed by atoms with van der Waals surface area (Å²) < 4.78 is 22.7. The summed E-state index contributed by atoms with van der Waals surface area (Å²) >= 11 is 5.78. The van der Waals surface area contributed by atoms with E-state index in [1.165, 1.54) is 6.08 Å². The highest BCUT2D eigenvalue weighted by molar-refractivity contribution is 7.59. The molecular formula is C13H15ClNO3P. The van der Waals surface area contributed by atoms with Crippen LogP contribution in [-0.4, -0.2) is 13.2 Å². The lowest BCUT2D eigenvalue weighted by Gasteiger charge is -2.15. The number of nitriles is 1. The molecule has 0 bridgehead atoms. The van der Waals surface area contributed by atoms with Gasteiger partial charge in [-0.25, -0.2) is 0 Å². The Morgan fingerprint density at radius 2 is 1.84 bits per heavy atom. The number of rotatable bonds is 6. The largest absolute Gasteiger partial charge is 0.371 e. The van der Waals surface area contributed by atoms with Crippen LogP contribution in [0.15, 0.2) is 29.6 Å². The lowest BCUT2D eigenvalue weighted by molar-refractivity contribution is 0.227. The van der Waals surface area contributed by atoms with Gasteiger partial charge in [0, 0.05) is 5.02 Å². The molecule has 1 rings (SSSR count). The standard InChI is InChI=1S/C13H15ClNO3P/c1-3-17-19(16,18-4-2)13(10-15)9-11-5-7-12(14)8-6-11/h5-9H,3-4H2,1-2H3/b13-9+. The van der Waals surface area contributed by atoms with Gasteiger partial charge in [0.2, 0.25) is 0 Å². The molecule has 0 radical (unpaired) electrons. The van der Waals surface area contributed by atoms with Gasteiger partial charge >= 0.3 is 7.60 Å². The predicted octanol–water partition coefficient (Wildman–Crippen LogP) is 4.47. The molecule has 102 valence electrons. The summed E-state index contributed by atoms with van der Waals surface area (Å²) in [5.41, 5.74) is 0.709. The topological polar surface area (TPSA) is 59.3 Å². The molecule has 1 aromatic rings. The van der Waals surface area contributed by atoms with Crippen molar-refractivity contribution in [2.45, 2.75) is 13.8 Å². The fraction of sp³-hybridized carbons (Fsp3) is 0.308. The summed E-state index contributed by atoms with van der Waals surface area (Å²) in [5.74, 6) is 0. The van der Waals surface area contributed by atoms with Crippen LogP contribution in [-0.2, 0) is 13.6 Å². The van der Waals surface area contributed by atoms with E-state index in [4.69, 9.17) is 25.9 Å². The summed E-state index contributed by atoms with van der Waals surface area (Å²) in [6.45, 7) is 3.81. The van der Waals surface area contributed by atoms with Crippen LogP contribution >= 0.6 is 19.2 Å². The van der Waals surface area contributed by atoms with Crippen molar-refractivity contribution in [3.8, 4) is 6.07 Å². The lowest BCUT2D eigenvalue weighted by atomic mass is 10.2. The molecule has 1 aromatic carbocycles. The van der Waals surface area contributed by atoms with Crippen molar-refractivity contribution in [2.24, 2.45) is 0 Å². The minimum atomic E-state index is -3.54. The highest BCUT2D eigenvalue weighted by atomic mass is 35.5. The minimum absolute atomic E-state index is 0.0153. The average molecular weight is 300 g/mol. The van der Waals surface area contributed by atoms with E-state index >= 15 is 0 Å². The number of benzene rings is 1. The van der Waals surface area contributed by atoms with Gasteiger partial charge < -0.3 is 9.05 Å². The molecule has 0 spiro atoms. The fourth-order valence-electron chi connectivity index (χ4n) is 1.41. The minimum Gasteiger partial charge on any atom is -0.305 e. The van der Waals surface area contributed by atoms with Gasteiger partial charge in [-0.3, -0.25) is 4.57 Å². The molecule has 0 amide bonds. The summed E-state index contributed by atoms with van der Waals surface area (Å²) in [7, 11) is -3.54. The zero-order chi connectivity index (χ0) is 14.3. The molecule has 0 aliphatic heterocycles. The van der Waals surface area contributed by atoms with Gasteiger partial charge in [0.25, 0.3) is 0 Å². The number of allylic oxidation sites excluding steroid dienone is 1. The Balaban J connectivity index is 3.14. The van der Waals surface area contributed by atoms with Crippen molar-refractivity contribution in [2.75, 3.05) is 13.2 Å². The van der Waals surface area contributed by atoms with Gasteiger partial charge in [0.05, 0.1) is 13.2 Å². The van der Waals surface area contributed by atoms with E-state index in [1.807, 2.05) is 6.07 Å². The molecule has 19 heavy (non-hydrogen) atoms. The SMILES string of the molecule is CCOP(=O)(OCC)/C(C#N)=C/c1ccc(Cl)cc1. The van der Waals surface area contributed by atoms with Crippen LogP contribution in [0, 0.1) is 11.3 Å². The zero-order valence-electron chi connectivity index (χ0n) is 10.8. The average Bonchev–Trinajstić information content (AvgIpc) is 2.38. The Kier molecular flexibility index (Phi) is 6.27. The second kappa shape index (κ2) is 7.47. The molecular weight excluding hydrogens is 285 g/mol. The first-order valence-electron chi connectivity index (χ1n) is 5.82. The van der Waals surface area contributed by atoms with Crippen molar-refractivity contribution >= 4 is 25.3 Å². The Morgan fingerprint density at radius 1 is 1.32 bits per heavy atom. The van der Waals surface area contributed by atoms with E-state index < -0.39 is 7.60 Å². The smallest absolute Gasteiger partial charge is 0.305 e. The predicted molar refractivity (Wildman–Crippen MR) is 75.9 cm³/mol. The van der Waals surface area contributed by atoms with Crippen molar-refractivity contribution in [3.63, 3.8) is 0 Å². The maximum Gasteiger partial charge on any atom is 0.371 e. The molecule has 6 heteroatoms. The monoisotopic (exact) mass is 299 g/mol. The van der Waals surface area contributed by atoms with E-state index in [2.05, 4.69) is 0 Å². The van der Waals surface area contributed by atoms with Crippen LogP contribution in [0.3, 0.4) is 0 Å². The molecule has 0 unspecified atom stereocenters. The lowest BCUT2D eigenvalue weighted by Crippen LogP contribution is -1.97. The molecule has 0 N–H and O–H groups in total. The third-order valence-electron chi connectivity index (χ3n) is 2.18. The van der Waals surface area contributed by atoms with E-state index in [1.54, 1.807) is 38.1 Å². The third-order valence-corrected chi connectivity index (χ3v) is 4.45. The second-order valence-electron chi connectivity index (χ2n) is 3.53. The summed E-state index contributed by atoms with van der Waals surface area (Å²) in [6, 6.07) is 8.72. The van der Waals surface area contributed by atoms with Gasteiger partial charge in [-0.2, -0.15) is 5.26 Å². The molecule has 0 saturated carbocycles. The van der Waals surface area contributed by atoms with E-state index in [0.29, 0.717) is 10.6 Å². The molecule has 4 nitrogen and oxygen atoms in total. The van der Waals surface area contributed by atoms with E-state index in [0.717, 1.165) is 0 Å². The quantitative estimate of drug-likeness (QED) is 0.574. The van der Waals surface area contributed by atoms with Crippen LogP contribution in [0.25, 0.3) is 6.08 Å². The van der Waals surface area contributed by atoms with Crippen LogP contribution in [0.4, 0.5) is 0 Å². The van der Waals surface area contributed by atoms with Crippen molar-refractivity contribution in [1.82, 2.24) is 0 Å². The fourth-order valence-corrected chi connectivity index (χ4v) is 2.99. The normalized spacial score (nSPS) is 12.2. The van der Waals surface area contributed by atoms with Gasteiger partial charge in [0.1, 0.15) is 11.4 Å². The summed E-state index contributed by atoms with van der Waals surface area (Å²) in [4.78, 5) is 0. The number of hydrogen-bond acceptors (Lipinski definition) is 4. The van der Waals surface area contributed by atoms with Gasteiger partial charge in [-0.1, -0.05) is 23.7 Å². The maximum atomic E-state index is 12.5. The highest BCUT2D eigenvalue weighted by Crippen LogP contribution is 2.56. The van der Waals surface area contributed by atoms with Gasteiger partial charge in [-0.15, -0.1) is 0 Å². The van der Waals surface area contributed by atoms with Crippen LogP contribution in [0.2, 0.25) is 5.02 Å². The molecule has 0 heterocycles. The Morgan fingerprint density at radius 3 is 2.26 bits per heavy atom. The Bertz CT molecular complexity index is 524. The molecule has 0 aromatic heterocycles. The molecule has 0 aliphatic carbocycles. The van der Waals surface area contributed by atoms with Gasteiger partial charge in [-0.05, 0) is 37.6 Å².